The van der Waals surface area contributed by atoms with Crippen LogP contribution >= 0.6 is 0 Å². The first-order valence-corrected chi connectivity index (χ1v) is 13.8. The molecule has 2 amide bonds. The maximum Gasteiger partial charge on any atom is 0.261 e. The molecule has 0 unspecified atom stereocenters. The van der Waals surface area contributed by atoms with E-state index in [4.69, 9.17) is 4.74 Å². The van der Waals surface area contributed by atoms with E-state index in [-0.39, 0.29) is 30.4 Å². The first-order chi connectivity index (χ1) is 18.4. The molecule has 1 fully saturated rings. The zero-order chi connectivity index (χ0) is 26.9. The Labute approximate surface area is 227 Å². The molecule has 3 aromatic rings. The number of rotatable bonds is 11. The van der Waals surface area contributed by atoms with Crippen LogP contribution in [0.5, 0.6) is 5.75 Å². The fourth-order valence-electron chi connectivity index (χ4n) is 5.12. The topological polar surface area (TPSA) is 58.6 Å². The van der Waals surface area contributed by atoms with Crippen LogP contribution in [-0.2, 0) is 22.6 Å². The van der Waals surface area contributed by atoms with Gasteiger partial charge in [-0.15, -0.1) is 0 Å². The molecule has 5 heteroatoms. The van der Waals surface area contributed by atoms with Gasteiger partial charge in [-0.3, -0.25) is 9.59 Å². The minimum Gasteiger partial charge on any atom is -0.483 e. The third-order valence-electron chi connectivity index (χ3n) is 7.34. The highest BCUT2D eigenvalue weighted by molar-refractivity contribution is 5.88. The SMILES string of the molecule is Cc1ccc(CN(C(=O)COc2ccccc2C(C)C)[C@@H](Cc2ccccc2)C(=O)NC2CCCC2)cc1. The molecule has 3 aromatic carbocycles. The van der Waals surface area contributed by atoms with E-state index in [1.165, 1.54) is 0 Å². The van der Waals surface area contributed by atoms with Gasteiger partial charge in [0.2, 0.25) is 5.91 Å². The second-order valence-electron chi connectivity index (χ2n) is 10.7. The summed E-state index contributed by atoms with van der Waals surface area (Å²) in [7, 11) is 0. The number of nitrogens with zero attached hydrogens (tertiary/aromatic N) is 1. The summed E-state index contributed by atoms with van der Waals surface area (Å²) in [5.74, 6) is 0.685. The number of hydrogen-bond acceptors (Lipinski definition) is 3. The van der Waals surface area contributed by atoms with E-state index >= 15 is 0 Å². The van der Waals surface area contributed by atoms with E-state index in [1.807, 2.05) is 85.8 Å². The van der Waals surface area contributed by atoms with Gasteiger partial charge in [0.15, 0.2) is 6.61 Å². The average molecular weight is 513 g/mol. The van der Waals surface area contributed by atoms with Crippen LogP contribution < -0.4 is 10.1 Å². The molecule has 200 valence electrons. The Kier molecular flexibility index (Phi) is 9.58. The van der Waals surface area contributed by atoms with E-state index in [9.17, 15) is 9.59 Å². The number of carbonyl (C=O) groups excluding carboxylic acids is 2. The molecule has 1 aliphatic rings. The highest BCUT2D eigenvalue weighted by Gasteiger charge is 2.32. The van der Waals surface area contributed by atoms with Crippen LogP contribution in [0.15, 0.2) is 78.9 Å². The van der Waals surface area contributed by atoms with Crippen molar-refractivity contribution in [1.82, 2.24) is 10.2 Å². The third-order valence-corrected chi connectivity index (χ3v) is 7.34. The van der Waals surface area contributed by atoms with Gasteiger partial charge in [-0.2, -0.15) is 0 Å². The second kappa shape index (κ2) is 13.3. The number of benzene rings is 3. The van der Waals surface area contributed by atoms with Crippen LogP contribution in [0.3, 0.4) is 0 Å². The van der Waals surface area contributed by atoms with Crippen molar-refractivity contribution in [3.63, 3.8) is 0 Å². The maximum atomic E-state index is 13.9. The molecule has 5 nitrogen and oxygen atoms in total. The van der Waals surface area contributed by atoms with Crippen molar-refractivity contribution >= 4 is 11.8 Å². The highest BCUT2D eigenvalue weighted by Crippen LogP contribution is 2.26. The van der Waals surface area contributed by atoms with E-state index in [0.29, 0.717) is 18.7 Å². The average Bonchev–Trinajstić information content (AvgIpc) is 3.44. The van der Waals surface area contributed by atoms with Gasteiger partial charge in [0.25, 0.3) is 5.91 Å². The summed E-state index contributed by atoms with van der Waals surface area (Å²) in [6.07, 6.45) is 4.68. The predicted octanol–water partition coefficient (Wildman–Crippen LogP) is 6.20. The molecule has 0 radical (unpaired) electrons. The van der Waals surface area contributed by atoms with Crippen molar-refractivity contribution < 1.29 is 14.3 Å². The number of ether oxygens (including phenoxy) is 1. The highest BCUT2D eigenvalue weighted by atomic mass is 16.5. The summed E-state index contributed by atoms with van der Waals surface area (Å²) < 4.78 is 6.09. The van der Waals surface area contributed by atoms with E-state index in [2.05, 4.69) is 19.2 Å². The molecule has 0 bridgehead atoms. The number of hydrogen-bond donors (Lipinski definition) is 1. The molecule has 1 saturated carbocycles. The first-order valence-electron chi connectivity index (χ1n) is 13.8. The van der Waals surface area contributed by atoms with Crippen LogP contribution in [0.1, 0.15) is 67.7 Å². The number of carbonyl (C=O) groups is 2. The smallest absolute Gasteiger partial charge is 0.261 e. The van der Waals surface area contributed by atoms with Gasteiger partial charge in [-0.05, 0) is 48.4 Å². The Bertz CT molecular complexity index is 1180. The quantitative estimate of drug-likeness (QED) is 0.333. The number of para-hydroxylation sites is 1. The lowest BCUT2D eigenvalue weighted by molar-refractivity contribution is -0.143. The molecular weight excluding hydrogens is 472 g/mol. The molecule has 1 aliphatic carbocycles. The molecule has 0 aromatic heterocycles. The summed E-state index contributed by atoms with van der Waals surface area (Å²) in [4.78, 5) is 29.3. The van der Waals surface area contributed by atoms with Crippen LogP contribution in [-0.4, -0.2) is 35.4 Å². The van der Waals surface area contributed by atoms with Crippen molar-refractivity contribution in [3.8, 4) is 5.75 Å². The summed E-state index contributed by atoms with van der Waals surface area (Å²) in [5.41, 5.74) is 4.22. The van der Waals surface area contributed by atoms with Gasteiger partial charge in [-0.25, -0.2) is 0 Å². The number of aryl methyl sites for hydroxylation is 1. The lowest BCUT2D eigenvalue weighted by Gasteiger charge is -2.32. The van der Waals surface area contributed by atoms with Gasteiger partial charge in [0.05, 0.1) is 0 Å². The van der Waals surface area contributed by atoms with Crippen molar-refractivity contribution in [2.75, 3.05) is 6.61 Å². The van der Waals surface area contributed by atoms with E-state index in [0.717, 1.165) is 47.9 Å². The minimum atomic E-state index is -0.643. The second-order valence-corrected chi connectivity index (χ2v) is 10.7. The summed E-state index contributed by atoms with van der Waals surface area (Å²) in [5, 5.41) is 3.25. The van der Waals surface area contributed by atoms with Gasteiger partial charge in [0, 0.05) is 19.0 Å². The minimum absolute atomic E-state index is 0.0937. The molecule has 38 heavy (non-hydrogen) atoms. The normalized spacial score (nSPS) is 14.3. The van der Waals surface area contributed by atoms with Crippen LogP contribution in [0, 0.1) is 6.92 Å². The lowest BCUT2D eigenvalue weighted by Crippen LogP contribution is -2.53. The summed E-state index contributed by atoms with van der Waals surface area (Å²) in [6.45, 7) is 6.47. The third kappa shape index (κ3) is 7.47. The Morgan fingerprint density at radius 2 is 1.55 bits per heavy atom. The Morgan fingerprint density at radius 3 is 2.24 bits per heavy atom. The molecular formula is C33H40N2O3. The van der Waals surface area contributed by atoms with Crippen molar-refractivity contribution in [2.24, 2.45) is 0 Å². The van der Waals surface area contributed by atoms with Gasteiger partial charge in [-0.1, -0.05) is 105 Å². The predicted molar refractivity (Wildman–Crippen MR) is 152 cm³/mol. The number of nitrogens with one attached hydrogen (secondary N) is 1. The fraction of sp³-hybridized carbons (Fsp3) is 0.394. The van der Waals surface area contributed by atoms with Crippen LogP contribution in [0.25, 0.3) is 0 Å². The molecule has 0 heterocycles. The number of amides is 2. The van der Waals surface area contributed by atoms with E-state index < -0.39 is 6.04 Å². The first kappa shape index (κ1) is 27.4. The molecule has 0 saturated heterocycles. The largest absolute Gasteiger partial charge is 0.483 e. The van der Waals surface area contributed by atoms with E-state index in [1.54, 1.807) is 4.90 Å². The lowest BCUT2D eigenvalue weighted by atomic mass is 10.0. The Morgan fingerprint density at radius 1 is 0.895 bits per heavy atom. The Hall–Kier alpha value is -3.60. The monoisotopic (exact) mass is 512 g/mol. The molecule has 1 atom stereocenters. The summed E-state index contributed by atoms with van der Waals surface area (Å²) in [6, 6.07) is 25.4. The van der Waals surface area contributed by atoms with Crippen LogP contribution in [0.4, 0.5) is 0 Å². The standard InChI is InChI=1S/C33H40N2O3/c1-24(2)29-15-9-10-16-31(29)38-23-32(36)35(22-27-19-17-25(3)18-20-27)30(21-26-11-5-4-6-12-26)33(37)34-28-13-7-8-14-28/h4-6,9-12,15-20,24,28,30H,7-8,13-14,21-23H2,1-3H3,(H,34,37)/t30-/m0/s1. The van der Waals surface area contributed by atoms with Crippen molar-refractivity contribution in [2.45, 2.75) is 77.4 Å². The molecule has 1 N–H and O–H groups in total. The van der Waals surface area contributed by atoms with Crippen LogP contribution in [0.2, 0.25) is 0 Å². The van der Waals surface area contributed by atoms with Gasteiger partial charge in [0.1, 0.15) is 11.8 Å². The van der Waals surface area contributed by atoms with Crippen molar-refractivity contribution in [3.05, 3.63) is 101 Å². The zero-order valence-corrected chi connectivity index (χ0v) is 22.9. The molecule has 0 aliphatic heterocycles. The maximum absolute atomic E-state index is 13.9. The van der Waals surface area contributed by atoms with Gasteiger partial charge < -0.3 is 15.0 Å². The molecule has 4 rings (SSSR count). The van der Waals surface area contributed by atoms with Gasteiger partial charge >= 0.3 is 0 Å². The summed E-state index contributed by atoms with van der Waals surface area (Å²) >= 11 is 0. The zero-order valence-electron chi connectivity index (χ0n) is 22.9. The molecule has 0 spiro atoms. The fourth-order valence-corrected chi connectivity index (χ4v) is 5.12. The van der Waals surface area contributed by atoms with Crippen molar-refractivity contribution in [1.29, 1.82) is 0 Å². The Balaban J connectivity index is 1.62.